The maximum absolute atomic E-state index is 12.8. The molecule has 0 spiro atoms. The van der Waals surface area contributed by atoms with Gasteiger partial charge in [-0.3, -0.25) is 0 Å². The molecular weight excluding hydrogens is 458 g/mol. The first-order valence-electron chi connectivity index (χ1n) is 7.87. The maximum atomic E-state index is 12.8. The van der Waals surface area contributed by atoms with Crippen LogP contribution >= 0.6 is 49.0 Å². The Bertz CT molecular complexity index is 726. The van der Waals surface area contributed by atoms with Crippen molar-refractivity contribution >= 4 is 49.0 Å². The molecule has 0 saturated heterocycles. The molecule has 1 N–H and O–H groups in total. The lowest BCUT2D eigenvalue weighted by Gasteiger charge is -2.42. The maximum Gasteiger partial charge on any atom is 0.416 e. The second-order valence-electron chi connectivity index (χ2n) is 6.36. The van der Waals surface area contributed by atoms with Gasteiger partial charge in [-0.05, 0) is 37.8 Å². The fourth-order valence-corrected chi connectivity index (χ4v) is 3.06. The summed E-state index contributed by atoms with van der Waals surface area (Å²) in [7, 11) is 0. The van der Waals surface area contributed by atoms with E-state index in [1.165, 1.54) is 34.9 Å². The number of hydrogen-bond donors (Lipinski definition) is 1. The van der Waals surface area contributed by atoms with Crippen LogP contribution in [0.3, 0.4) is 0 Å². The molecule has 0 aliphatic heterocycles. The summed E-state index contributed by atoms with van der Waals surface area (Å²) in [5.74, 6) is 0.650. The molecule has 1 unspecified atom stereocenters. The van der Waals surface area contributed by atoms with Gasteiger partial charge >= 0.3 is 6.18 Å². The molecule has 0 radical (unpaired) electrons. The largest absolute Gasteiger partial charge is 0.416 e. The van der Waals surface area contributed by atoms with Gasteiger partial charge in [0.2, 0.25) is 0 Å². The van der Waals surface area contributed by atoms with Crippen molar-refractivity contribution < 1.29 is 18.3 Å². The third-order valence-corrected chi connectivity index (χ3v) is 5.85. The molecule has 11 heteroatoms. The summed E-state index contributed by atoms with van der Waals surface area (Å²) in [5, 5.41) is 15.7. The zero-order valence-corrected chi connectivity index (χ0v) is 19.1. The highest BCUT2D eigenvalue weighted by Crippen LogP contribution is 2.43. The molecule has 0 aliphatic rings. The lowest BCUT2D eigenvalue weighted by atomic mass is 9.82. The standard InChI is InChI=1S/C17H22F3N3OS.3ClH/c1-5-14-21-11-23(22-14)10-16(24,15(2,3)25-4)12-6-8-13(9-7-12)17(18,19)20;;;/h6-9,11,24H,5,10H2,1-4H3;3*1H. The highest BCUT2D eigenvalue weighted by atomic mass is 35.5. The first kappa shape index (κ1) is 29.5. The summed E-state index contributed by atoms with van der Waals surface area (Å²) < 4.78 is 39.3. The number of rotatable bonds is 6. The Morgan fingerprint density at radius 3 is 1.93 bits per heavy atom. The zero-order valence-electron chi connectivity index (χ0n) is 15.9. The van der Waals surface area contributed by atoms with Gasteiger partial charge in [0.1, 0.15) is 17.8 Å². The van der Waals surface area contributed by atoms with E-state index in [1.54, 1.807) is 0 Å². The minimum absolute atomic E-state index is 0. The van der Waals surface area contributed by atoms with Crippen LogP contribution in [0, 0.1) is 0 Å². The summed E-state index contributed by atoms with van der Waals surface area (Å²) in [5.41, 5.74) is -1.75. The first-order chi connectivity index (χ1) is 11.5. The molecule has 0 saturated carbocycles. The number of nitrogens with zero attached hydrogens (tertiary/aromatic N) is 3. The van der Waals surface area contributed by atoms with Crippen LogP contribution in [0.2, 0.25) is 0 Å². The molecule has 1 aromatic carbocycles. The third-order valence-electron chi connectivity index (χ3n) is 4.49. The number of benzene rings is 1. The normalized spacial score (nSPS) is 13.6. The van der Waals surface area contributed by atoms with Crippen molar-refractivity contribution in [1.82, 2.24) is 14.8 Å². The van der Waals surface area contributed by atoms with Gasteiger partial charge < -0.3 is 5.11 Å². The van der Waals surface area contributed by atoms with Gasteiger partial charge in [-0.25, -0.2) is 9.67 Å². The predicted molar refractivity (Wildman–Crippen MR) is 114 cm³/mol. The number of thioether (sulfide) groups is 1. The lowest BCUT2D eigenvalue weighted by molar-refractivity contribution is -0.137. The quantitative estimate of drug-likeness (QED) is 0.618. The third kappa shape index (κ3) is 6.16. The van der Waals surface area contributed by atoms with E-state index in [1.807, 2.05) is 27.0 Å². The molecule has 4 nitrogen and oxygen atoms in total. The zero-order chi connectivity index (χ0) is 18.9. The molecule has 1 heterocycles. The fraction of sp³-hybridized carbons (Fsp3) is 0.529. The van der Waals surface area contributed by atoms with Crippen LogP contribution in [0.25, 0.3) is 0 Å². The summed E-state index contributed by atoms with van der Waals surface area (Å²) in [6.45, 7) is 5.73. The van der Waals surface area contributed by atoms with E-state index in [2.05, 4.69) is 10.1 Å². The van der Waals surface area contributed by atoms with E-state index in [4.69, 9.17) is 0 Å². The Balaban J connectivity index is 0. The van der Waals surface area contributed by atoms with Gasteiger partial charge in [0.25, 0.3) is 0 Å². The van der Waals surface area contributed by atoms with Gasteiger partial charge in [0.15, 0.2) is 0 Å². The average Bonchev–Trinajstić information content (AvgIpc) is 3.01. The minimum Gasteiger partial charge on any atom is -0.382 e. The number of aromatic nitrogens is 3. The Morgan fingerprint density at radius 2 is 1.54 bits per heavy atom. The van der Waals surface area contributed by atoms with Crippen molar-refractivity contribution in [3.8, 4) is 0 Å². The van der Waals surface area contributed by atoms with Crippen molar-refractivity contribution in [2.24, 2.45) is 0 Å². The van der Waals surface area contributed by atoms with Gasteiger partial charge in [-0.2, -0.15) is 30.0 Å². The minimum atomic E-state index is -4.41. The van der Waals surface area contributed by atoms with E-state index in [9.17, 15) is 18.3 Å². The number of aryl methyl sites for hydroxylation is 1. The monoisotopic (exact) mass is 481 g/mol. The lowest BCUT2D eigenvalue weighted by Crippen LogP contribution is -2.48. The SMILES string of the molecule is CCc1ncn(CC(O)(c2ccc(C(F)(F)F)cc2)C(C)(C)SC)n1.Cl.Cl.Cl. The predicted octanol–water partition coefficient (Wildman–Crippen LogP) is 5.15. The van der Waals surface area contributed by atoms with Crippen molar-refractivity contribution in [3.05, 3.63) is 47.5 Å². The summed E-state index contributed by atoms with van der Waals surface area (Å²) in [6.07, 6.45) is -0.358. The fourth-order valence-electron chi connectivity index (χ4n) is 2.54. The van der Waals surface area contributed by atoms with Crippen LogP contribution in [0.4, 0.5) is 13.2 Å². The highest BCUT2D eigenvalue weighted by Gasteiger charge is 2.45. The molecule has 2 aromatic rings. The van der Waals surface area contributed by atoms with E-state index in [-0.39, 0.29) is 43.8 Å². The Kier molecular flexibility index (Phi) is 11.5. The van der Waals surface area contributed by atoms with Crippen molar-refractivity contribution in [2.45, 2.75) is 50.3 Å². The Labute approximate surface area is 185 Å². The van der Waals surface area contributed by atoms with Crippen molar-refractivity contribution in [2.75, 3.05) is 6.26 Å². The van der Waals surface area contributed by atoms with Gasteiger partial charge in [-0.1, -0.05) is 19.1 Å². The molecule has 28 heavy (non-hydrogen) atoms. The molecule has 1 atom stereocenters. The first-order valence-corrected chi connectivity index (χ1v) is 9.09. The second-order valence-corrected chi connectivity index (χ2v) is 7.79. The molecule has 162 valence electrons. The smallest absolute Gasteiger partial charge is 0.382 e. The van der Waals surface area contributed by atoms with Crippen LogP contribution in [0.5, 0.6) is 0 Å². The molecule has 0 amide bonds. The van der Waals surface area contributed by atoms with E-state index in [0.29, 0.717) is 17.8 Å². The van der Waals surface area contributed by atoms with Gasteiger partial charge in [-0.15, -0.1) is 37.2 Å². The highest BCUT2D eigenvalue weighted by molar-refractivity contribution is 8.00. The van der Waals surface area contributed by atoms with E-state index in [0.717, 1.165) is 12.1 Å². The van der Waals surface area contributed by atoms with Crippen molar-refractivity contribution in [1.29, 1.82) is 0 Å². The van der Waals surface area contributed by atoms with Crippen LogP contribution in [-0.4, -0.2) is 30.9 Å². The number of hydrogen-bond acceptors (Lipinski definition) is 4. The molecule has 1 aromatic heterocycles. The molecular formula is C17H25Cl3F3N3OS. The average molecular weight is 483 g/mol. The Morgan fingerprint density at radius 1 is 1.04 bits per heavy atom. The van der Waals surface area contributed by atoms with Gasteiger partial charge in [0.05, 0.1) is 12.1 Å². The summed E-state index contributed by atoms with van der Waals surface area (Å²) in [4.78, 5) is 4.15. The Hall–Kier alpha value is -0.670. The van der Waals surface area contributed by atoms with Gasteiger partial charge in [0, 0.05) is 11.2 Å². The topological polar surface area (TPSA) is 50.9 Å². The molecule has 0 fully saturated rings. The van der Waals surface area contributed by atoms with E-state index < -0.39 is 22.1 Å². The van der Waals surface area contributed by atoms with Crippen LogP contribution in [0.1, 0.15) is 37.7 Å². The number of aliphatic hydroxyl groups is 1. The number of halogens is 6. The number of alkyl halides is 3. The van der Waals surface area contributed by atoms with E-state index >= 15 is 0 Å². The second kappa shape index (κ2) is 10.9. The molecule has 2 rings (SSSR count). The molecule has 0 bridgehead atoms. The summed E-state index contributed by atoms with van der Waals surface area (Å²) >= 11 is 1.44. The molecule has 0 aliphatic carbocycles. The van der Waals surface area contributed by atoms with Crippen LogP contribution in [0.15, 0.2) is 30.6 Å². The van der Waals surface area contributed by atoms with Crippen LogP contribution in [-0.2, 0) is 24.7 Å². The summed E-state index contributed by atoms with van der Waals surface area (Å²) in [6, 6.07) is 4.65. The van der Waals surface area contributed by atoms with Crippen molar-refractivity contribution in [3.63, 3.8) is 0 Å². The van der Waals surface area contributed by atoms with Crippen LogP contribution < -0.4 is 0 Å².